The first kappa shape index (κ1) is 17.8. The maximum Gasteiger partial charge on any atom is 0.127 e. The zero-order valence-corrected chi connectivity index (χ0v) is 15.6. The van der Waals surface area contributed by atoms with E-state index in [-0.39, 0.29) is 0 Å². The smallest absolute Gasteiger partial charge is 0.127 e. The fourth-order valence-corrected chi connectivity index (χ4v) is 3.40. The van der Waals surface area contributed by atoms with Crippen LogP contribution in [0.5, 0.6) is 5.75 Å². The molecule has 25 heavy (non-hydrogen) atoms. The van der Waals surface area contributed by atoms with E-state index in [0.29, 0.717) is 5.02 Å². The molecule has 0 atom stereocenters. The molecule has 5 heteroatoms. The number of methoxy groups -OCH3 is 1. The standard InChI is InChI=1S/C20H24ClN3O/c1-15(22-23-19-8-4-3-7-18(19)21)16-9-10-20(25-2)17(13-16)14-24-11-5-6-12-24/h3-4,7-10,13,23H,5-6,11-12,14H2,1-2H3/p+1/b22-15-. The summed E-state index contributed by atoms with van der Waals surface area (Å²) in [6.07, 6.45) is 2.64. The van der Waals surface area contributed by atoms with Gasteiger partial charge >= 0.3 is 0 Å². The van der Waals surface area contributed by atoms with Crippen molar-refractivity contribution < 1.29 is 9.64 Å². The molecule has 132 valence electrons. The molecule has 1 saturated heterocycles. The summed E-state index contributed by atoms with van der Waals surface area (Å²) in [7, 11) is 1.73. The largest absolute Gasteiger partial charge is 0.496 e. The van der Waals surface area contributed by atoms with Crippen LogP contribution in [-0.2, 0) is 6.54 Å². The monoisotopic (exact) mass is 358 g/mol. The van der Waals surface area contributed by atoms with Crippen molar-refractivity contribution >= 4 is 23.0 Å². The Kier molecular flexibility index (Phi) is 5.95. The van der Waals surface area contributed by atoms with Crippen LogP contribution in [0.2, 0.25) is 5.02 Å². The second-order valence-electron chi connectivity index (χ2n) is 6.45. The third-order valence-corrected chi connectivity index (χ3v) is 5.00. The molecule has 2 N–H and O–H groups in total. The van der Waals surface area contributed by atoms with E-state index in [1.807, 2.05) is 37.3 Å². The molecule has 0 saturated carbocycles. The first-order valence-electron chi connectivity index (χ1n) is 8.73. The fraction of sp³-hybridized carbons (Fsp3) is 0.350. The van der Waals surface area contributed by atoms with Crippen LogP contribution in [0.15, 0.2) is 47.6 Å². The van der Waals surface area contributed by atoms with Crippen molar-refractivity contribution in [2.24, 2.45) is 5.10 Å². The highest BCUT2D eigenvalue weighted by Gasteiger charge is 2.18. The van der Waals surface area contributed by atoms with Gasteiger partial charge in [-0.15, -0.1) is 0 Å². The van der Waals surface area contributed by atoms with Gasteiger partial charge in [0.2, 0.25) is 0 Å². The number of hydrogen-bond donors (Lipinski definition) is 2. The summed E-state index contributed by atoms with van der Waals surface area (Å²) in [6.45, 7) is 5.49. The SMILES string of the molecule is COc1ccc(/C(C)=N\Nc2ccccc2Cl)cc1C[NH+]1CCCC1. The van der Waals surface area contributed by atoms with Crippen molar-refractivity contribution in [3.8, 4) is 5.75 Å². The van der Waals surface area contributed by atoms with Gasteiger partial charge in [-0.2, -0.15) is 5.10 Å². The van der Waals surface area contributed by atoms with Crippen LogP contribution in [0.25, 0.3) is 0 Å². The molecule has 1 aliphatic rings. The number of rotatable bonds is 6. The van der Waals surface area contributed by atoms with Crippen molar-refractivity contribution in [2.45, 2.75) is 26.3 Å². The molecule has 3 rings (SSSR count). The number of likely N-dealkylation sites (tertiary alicyclic amines) is 1. The molecule has 2 aromatic carbocycles. The van der Waals surface area contributed by atoms with Gasteiger partial charge in [0, 0.05) is 18.4 Å². The molecule has 0 bridgehead atoms. The predicted octanol–water partition coefficient (Wildman–Crippen LogP) is 3.36. The maximum atomic E-state index is 6.16. The molecule has 0 spiro atoms. The highest BCUT2D eigenvalue weighted by molar-refractivity contribution is 6.33. The molecule has 0 aliphatic carbocycles. The number of nitrogens with one attached hydrogen (secondary N) is 2. The third kappa shape index (κ3) is 4.53. The van der Waals surface area contributed by atoms with Crippen molar-refractivity contribution in [2.75, 3.05) is 25.6 Å². The average Bonchev–Trinajstić information content (AvgIpc) is 3.14. The minimum Gasteiger partial charge on any atom is -0.496 e. The zero-order chi connectivity index (χ0) is 17.6. The van der Waals surface area contributed by atoms with E-state index >= 15 is 0 Å². The van der Waals surface area contributed by atoms with Gasteiger partial charge in [0.15, 0.2) is 0 Å². The van der Waals surface area contributed by atoms with Gasteiger partial charge in [-0.25, -0.2) is 0 Å². The van der Waals surface area contributed by atoms with Crippen LogP contribution in [-0.4, -0.2) is 25.9 Å². The lowest BCUT2D eigenvalue weighted by Crippen LogP contribution is -3.08. The molecule has 1 aliphatic heterocycles. The number of nitrogens with zero attached hydrogens (tertiary/aromatic N) is 1. The maximum absolute atomic E-state index is 6.16. The Morgan fingerprint density at radius 1 is 1.20 bits per heavy atom. The molecule has 1 fully saturated rings. The van der Waals surface area contributed by atoms with Crippen molar-refractivity contribution in [1.82, 2.24) is 0 Å². The first-order chi connectivity index (χ1) is 12.2. The van der Waals surface area contributed by atoms with Crippen LogP contribution in [0.1, 0.15) is 30.9 Å². The summed E-state index contributed by atoms with van der Waals surface area (Å²) < 4.78 is 5.55. The quantitative estimate of drug-likeness (QED) is 0.613. The number of ether oxygens (including phenoxy) is 1. The Bertz CT molecular complexity index is 754. The van der Waals surface area contributed by atoms with Crippen molar-refractivity contribution in [1.29, 1.82) is 0 Å². The van der Waals surface area contributed by atoms with Gasteiger partial charge in [0.1, 0.15) is 12.3 Å². The molecule has 0 radical (unpaired) electrons. The highest BCUT2D eigenvalue weighted by atomic mass is 35.5. The average molecular weight is 359 g/mol. The number of benzene rings is 2. The van der Waals surface area contributed by atoms with Crippen LogP contribution < -0.4 is 15.1 Å². The van der Waals surface area contributed by atoms with Crippen LogP contribution in [0.3, 0.4) is 0 Å². The minimum atomic E-state index is 0.659. The molecule has 0 aromatic heterocycles. The lowest BCUT2D eigenvalue weighted by molar-refractivity contribution is -0.901. The highest BCUT2D eigenvalue weighted by Crippen LogP contribution is 2.22. The van der Waals surface area contributed by atoms with Gasteiger partial charge < -0.3 is 9.64 Å². The van der Waals surface area contributed by atoms with E-state index in [2.05, 4.69) is 22.7 Å². The summed E-state index contributed by atoms with van der Waals surface area (Å²) in [6, 6.07) is 13.9. The van der Waals surface area contributed by atoms with Crippen LogP contribution in [0.4, 0.5) is 5.69 Å². The lowest BCUT2D eigenvalue weighted by atomic mass is 10.1. The fourth-order valence-electron chi connectivity index (χ4n) is 3.22. The minimum absolute atomic E-state index is 0.659. The first-order valence-corrected chi connectivity index (χ1v) is 9.11. The molecule has 1 heterocycles. The number of quaternary nitrogens is 1. The zero-order valence-electron chi connectivity index (χ0n) is 14.8. The Morgan fingerprint density at radius 2 is 1.96 bits per heavy atom. The summed E-state index contributed by atoms with van der Waals surface area (Å²) >= 11 is 6.16. The Labute approximate surface area is 154 Å². The van der Waals surface area contributed by atoms with Crippen LogP contribution in [0, 0.1) is 0 Å². The van der Waals surface area contributed by atoms with Gasteiger partial charge in [0.25, 0.3) is 0 Å². The van der Waals surface area contributed by atoms with Gasteiger partial charge in [-0.3, -0.25) is 5.43 Å². The summed E-state index contributed by atoms with van der Waals surface area (Å²) in [5.74, 6) is 0.954. The predicted molar refractivity (Wildman–Crippen MR) is 104 cm³/mol. The van der Waals surface area contributed by atoms with E-state index < -0.39 is 0 Å². The molecule has 2 aromatic rings. The summed E-state index contributed by atoms with van der Waals surface area (Å²) in [5.41, 5.74) is 7.10. The summed E-state index contributed by atoms with van der Waals surface area (Å²) in [4.78, 5) is 1.62. The van der Waals surface area contributed by atoms with Crippen LogP contribution >= 0.6 is 11.6 Å². The van der Waals surface area contributed by atoms with Gasteiger partial charge in [-0.05, 0) is 42.8 Å². The molecular weight excluding hydrogens is 334 g/mol. The van der Waals surface area contributed by atoms with E-state index in [4.69, 9.17) is 16.3 Å². The Morgan fingerprint density at radius 3 is 2.68 bits per heavy atom. The van der Waals surface area contributed by atoms with E-state index in [9.17, 15) is 0 Å². The van der Waals surface area contributed by atoms with E-state index in [1.54, 1.807) is 12.0 Å². The number of hydrazone groups is 1. The van der Waals surface area contributed by atoms with Crippen molar-refractivity contribution in [3.05, 3.63) is 58.6 Å². The van der Waals surface area contributed by atoms with E-state index in [1.165, 1.54) is 31.5 Å². The second kappa shape index (κ2) is 8.37. The number of halogens is 1. The molecule has 4 nitrogen and oxygen atoms in total. The summed E-state index contributed by atoms with van der Waals surface area (Å²) in [5, 5.41) is 5.15. The number of hydrogen-bond acceptors (Lipinski definition) is 3. The topological polar surface area (TPSA) is 38.1 Å². The molecule has 0 amide bonds. The number of para-hydroxylation sites is 1. The normalized spacial score (nSPS) is 15.4. The van der Waals surface area contributed by atoms with Gasteiger partial charge in [-0.1, -0.05) is 23.7 Å². The molecular formula is C20H25ClN3O+. The lowest BCUT2D eigenvalue weighted by Gasteiger charge is -2.15. The Hall–Kier alpha value is -2.04. The number of anilines is 1. The van der Waals surface area contributed by atoms with Crippen molar-refractivity contribution in [3.63, 3.8) is 0 Å². The second-order valence-corrected chi connectivity index (χ2v) is 6.86. The Balaban J connectivity index is 1.78. The van der Waals surface area contributed by atoms with Gasteiger partial charge in [0.05, 0.1) is 36.6 Å². The third-order valence-electron chi connectivity index (χ3n) is 4.67. The molecule has 0 unspecified atom stereocenters. The van der Waals surface area contributed by atoms with E-state index in [0.717, 1.165) is 29.3 Å².